The average Bonchev–Trinajstić information content (AvgIpc) is 3.05. The van der Waals surface area contributed by atoms with Crippen molar-refractivity contribution in [2.45, 2.75) is 6.92 Å². The van der Waals surface area contributed by atoms with Crippen LogP contribution in [0.4, 0.5) is 5.13 Å². The number of carbonyl (C=O) groups excluding carboxylic acids is 2. The van der Waals surface area contributed by atoms with Crippen LogP contribution < -0.4 is 5.32 Å². The minimum absolute atomic E-state index is 0.332. The van der Waals surface area contributed by atoms with Crippen LogP contribution in [-0.4, -0.2) is 29.0 Å². The number of methoxy groups -OCH3 is 1. The Balaban J connectivity index is 1.96. The first-order valence-corrected chi connectivity index (χ1v) is 7.23. The van der Waals surface area contributed by atoms with Gasteiger partial charge in [-0.1, -0.05) is 11.3 Å². The molecule has 1 amide bonds. The van der Waals surface area contributed by atoms with Crippen LogP contribution >= 0.6 is 22.7 Å². The van der Waals surface area contributed by atoms with Crippen molar-refractivity contribution < 1.29 is 14.3 Å². The van der Waals surface area contributed by atoms with Gasteiger partial charge in [0.15, 0.2) is 5.13 Å². The van der Waals surface area contributed by atoms with Gasteiger partial charge < -0.3 is 4.74 Å². The number of nitrogens with zero attached hydrogens (tertiary/aromatic N) is 2. The lowest BCUT2D eigenvalue weighted by molar-refractivity contribution is -0.111. The van der Waals surface area contributed by atoms with E-state index in [0.717, 1.165) is 22.0 Å². The third kappa shape index (κ3) is 3.72. The highest BCUT2D eigenvalue weighted by atomic mass is 32.1. The number of esters is 1. The zero-order valence-electron chi connectivity index (χ0n) is 10.7. The highest BCUT2D eigenvalue weighted by molar-refractivity contribution is 7.17. The molecular formula is C12H11N3O3S2. The summed E-state index contributed by atoms with van der Waals surface area (Å²) in [5, 5.41) is 5.71. The Labute approximate surface area is 123 Å². The fraction of sp³-hybridized carbons (Fsp3) is 0.167. The van der Waals surface area contributed by atoms with Gasteiger partial charge in [0.25, 0.3) is 0 Å². The van der Waals surface area contributed by atoms with Gasteiger partial charge in [-0.15, -0.1) is 11.3 Å². The SMILES string of the molecule is COC(=O)c1cnc(NC(=O)/C=C/c2csc(C)n2)s1. The van der Waals surface area contributed by atoms with Crippen molar-refractivity contribution in [3.8, 4) is 0 Å². The maximum atomic E-state index is 11.7. The molecule has 2 aromatic rings. The first kappa shape index (κ1) is 14.4. The summed E-state index contributed by atoms with van der Waals surface area (Å²) in [5.41, 5.74) is 0.733. The van der Waals surface area contributed by atoms with Crippen LogP contribution in [0.15, 0.2) is 17.7 Å². The highest BCUT2D eigenvalue weighted by Crippen LogP contribution is 2.18. The Bertz CT molecular complexity index is 660. The molecule has 0 atom stereocenters. The minimum Gasteiger partial charge on any atom is -0.465 e. The average molecular weight is 309 g/mol. The molecule has 0 unspecified atom stereocenters. The third-order valence-electron chi connectivity index (χ3n) is 2.16. The molecule has 0 aliphatic carbocycles. The van der Waals surface area contributed by atoms with E-state index in [4.69, 9.17) is 0 Å². The van der Waals surface area contributed by atoms with E-state index in [1.54, 1.807) is 6.08 Å². The number of amides is 1. The third-order valence-corrected chi connectivity index (χ3v) is 3.85. The van der Waals surface area contributed by atoms with E-state index in [-0.39, 0.29) is 5.91 Å². The number of ether oxygens (including phenoxy) is 1. The fourth-order valence-electron chi connectivity index (χ4n) is 1.29. The summed E-state index contributed by atoms with van der Waals surface area (Å²) in [6, 6.07) is 0. The lowest BCUT2D eigenvalue weighted by atomic mass is 10.4. The molecule has 0 radical (unpaired) electrons. The Morgan fingerprint density at radius 1 is 1.45 bits per heavy atom. The topological polar surface area (TPSA) is 81.2 Å². The molecule has 0 aliphatic heterocycles. The van der Waals surface area contributed by atoms with Crippen LogP contribution in [0.5, 0.6) is 0 Å². The summed E-state index contributed by atoms with van der Waals surface area (Å²) < 4.78 is 4.56. The molecule has 104 valence electrons. The van der Waals surface area contributed by atoms with Gasteiger partial charge in [0.1, 0.15) is 4.88 Å². The van der Waals surface area contributed by atoms with Crippen molar-refractivity contribution >= 4 is 45.8 Å². The van der Waals surface area contributed by atoms with Crippen LogP contribution in [0.2, 0.25) is 0 Å². The van der Waals surface area contributed by atoms with Crippen molar-refractivity contribution in [2.75, 3.05) is 12.4 Å². The van der Waals surface area contributed by atoms with Gasteiger partial charge in [0.05, 0.1) is 24.0 Å². The number of carbonyl (C=O) groups is 2. The van der Waals surface area contributed by atoms with Crippen LogP contribution in [0.1, 0.15) is 20.4 Å². The van der Waals surface area contributed by atoms with E-state index in [2.05, 4.69) is 20.0 Å². The molecular weight excluding hydrogens is 298 g/mol. The summed E-state index contributed by atoms with van der Waals surface area (Å²) >= 11 is 2.57. The fourth-order valence-corrected chi connectivity index (χ4v) is 2.61. The van der Waals surface area contributed by atoms with Gasteiger partial charge in [0.2, 0.25) is 5.91 Å². The lowest BCUT2D eigenvalue weighted by Crippen LogP contribution is -2.07. The lowest BCUT2D eigenvalue weighted by Gasteiger charge is -1.95. The van der Waals surface area contributed by atoms with E-state index in [1.165, 1.54) is 30.7 Å². The summed E-state index contributed by atoms with van der Waals surface area (Å²) in [6.07, 6.45) is 4.35. The van der Waals surface area contributed by atoms with E-state index in [0.29, 0.717) is 10.0 Å². The van der Waals surface area contributed by atoms with Crippen LogP contribution in [0, 0.1) is 6.92 Å². The molecule has 0 bridgehead atoms. The quantitative estimate of drug-likeness (QED) is 0.692. The van der Waals surface area contributed by atoms with E-state index in [9.17, 15) is 9.59 Å². The highest BCUT2D eigenvalue weighted by Gasteiger charge is 2.11. The number of hydrogen-bond donors (Lipinski definition) is 1. The number of aryl methyl sites for hydroxylation is 1. The number of thiazole rings is 2. The van der Waals surface area contributed by atoms with Crippen molar-refractivity contribution in [3.05, 3.63) is 33.2 Å². The molecule has 8 heteroatoms. The predicted octanol–water partition coefficient (Wildman–Crippen LogP) is 2.35. The maximum absolute atomic E-state index is 11.7. The number of nitrogens with one attached hydrogen (secondary N) is 1. The van der Waals surface area contributed by atoms with Crippen molar-refractivity contribution in [2.24, 2.45) is 0 Å². The molecule has 20 heavy (non-hydrogen) atoms. The molecule has 0 aromatic carbocycles. The standard InChI is InChI=1S/C12H11N3O3S2/c1-7-14-8(6-19-7)3-4-10(16)15-12-13-5-9(20-12)11(17)18-2/h3-6H,1-2H3,(H,13,15,16)/b4-3+. The zero-order chi connectivity index (χ0) is 14.5. The normalized spacial score (nSPS) is 10.7. The molecule has 6 nitrogen and oxygen atoms in total. The van der Waals surface area contributed by atoms with Gasteiger partial charge in [-0.2, -0.15) is 0 Å². The smallest absolute Gasteiger partial charge is 0.349 e. The Morgan fingerprint density at radius 3 is 2.90 bits per heavy atom. The number of anilines is 1. The molecule has 0 saturated heterocycles. The number of aromatic nitrogens is 2. The van der Waals surface area contributed by atoms with Gasteiger partial charge in [0, 0.05) is 11.5 Å². The molecule has 2 heterocycles. The van der Waals surface area contributed by atoms with Gasteiger partial charge >= 0.3 is 5.97 Å². The number of hydrogen-bond acceptors (Lipinski definition) is 7. The van der Waals surface area contributed by atoms with Crippen LogP contribution in [0.25, 0.3) is 6.08 Å². The largest absolute Gasteiger partial charge is 0.465 e. The van der Waals surface area contributed by atoms with Crippen molar-refractivity contribution in [1.82, 2.24) is 9.97 Å². The van der Waals surface area contributed by atoms with E-state index >= 15 is 0 Å². The Hall–Kier alpha value is -2.06. The molecule has 2 aromatic heterocycles. The first-order chi connectivity index (χ1) is 9.58. The van der Waals surface area contributed by atoms with Gasteiger partial charge in [-0.05, 0) is 13.0 Å². The van der Waals surface area contributed by atoms with Crippen LogP contribution in [-0.2, 0) is 9.53 Å². The predicted molar refractivity (Wildman–Crippen MR) is 78.0 cm³/mol. The van der Waals surface area contributed by atoms with Crippen molar-refractivity contribution in [3.63, 3.8) is 0 Å². The summed E-state index contributed by atoms with van der Waals surface area (Å²) in [5.74, 6) is -0.807. The molecule has 0 spiro atoms. The second-order valence-corrected chi connectivity index (χ2v) is 5.73. The summed E-state index contributed by atoms with van der Waals surface area (Å²) in [4.78, 5) is 31.4. The molecule has 0 aliphatic rings. The zero-order valence-corrected chi connectivity index (χ0v) is 12.4. The molecule has 2 rings (SSSR count). The maximum Gasteiger partial charge on any atom is 0.349 e. The molecule has 1 N–H and O–H groups in total. The monoisotopic (exact) mass is 309 g/mol. The van der Waals surface area contributed by atoms with Gasteiger partial charge in [-0.3, -0.25) is 10.1 Å². The molecule has 0 saturated carbocycles. The van der Waals surface area contributed by atoms with E-state index in [1.807, 2.05) is 12.3 Å². The Morgan fingerprint density at radius 2 is 2.25 bits per heavy atom. The van der Waals surface area contributed by atoms with Crippen molar-refractivity contribution in [1.29, 1.82) is 0 Å². The second-order valence-electron chi connectivity index (χ2n) is 3.64. The second kappa shape index (κ2) is 6.40. The first-order valence-electron chi connectivity index (χ1n) is 5.54. The summed E-state index contributed by atoms with van der Waals surface area (Å²) in [6.45, 7) is 1.89. The summed E-state index contributed by atoms with van der Waals surface area (Å²) in [7, 11) is 1.29. The minimum atomic E-state index is -0.475. The Kier molecular flexibility index (Phi) is 4.59. The van der Waals surface area contributed by atoms with Gasteiger partial charge in [-0.25, -0.2) is 14.8 Å². The van der Waals surface area contributed by atoms with E-state index < -0.39 is 5.97 Å². The number of rotatable bonds is 4. The van der Waals surface area contributed by atoms with Crippen LogP contribution in [0.3, 0.4) is 0 Å². The molecule has 0 fully saturated rings.